The van der Waals surface area contributed by atoms with Gasteiger partial charge in [-0.25, -0.2) is 0 Å². The number of rotatable bonds is 4. The Kier molecular flexibility index (Phi) is 4.41. The highest BCUT2D eigenvalue weighted by Crippen LogP contribution is 2.29. The largest absolute Gasteiger partial charge is 0.435 e. The van der Waals surface area contributed by atoms with Gasteiger partial charge in [0.25, 0.3) is 0 Å². The van der Waals surface area contributed by atoms with E-state index in [9.17, 15) is 13.6 Å². The Balaban J connectivity index is 3.02. The van der Waals surface area contributed by atoms with Crippen LogP contribution < -0.4 is 4.74 Å². The van der Waals surface area contributed by atoms with E-state index in [1.165, 1.54) is 13.0 Å². The fourth-order valence-corrected chi connectivity index (χ4v) is 1.52. The summed E-state index contributed by atoms with van der Waals surface area (Å²) in [5.74, 6) is 0.00468. The van der Waals surface area contributed by atoms with Gasteiger partial charge >= 0.3 is 6.61 Å². The summed E-state index contributed by atoms with van der Waals surface area (Å²) in [5, 5.41) is 0. The lowest BCUT2D eigenvalue weighted by molar-refractivity contribution is -0.116. The second kappa shape index (κ2) is 5.39. The Morgan fingerprint density at radius 2 is 2.06 bits per heavy atom. The number of halogens is 3. The third kappa shape index (κ3) is 3.27. The minimum absolute atomic E-state index is 0.0909. The summed E-state index contributed by atoms with van der Waals surface area (Å²) in [6.07, 6.45) is 0. The molecule has 1 unspecified atom stereocenters. The molecule has 0 N–H and O–H groups in total. The van der Waals surface area contributed by atoms with Crippen LogP contribution in [0.2, 0.25) is 0 Å². The van der Waals surface area contributed by atoms with Crippen molar-refractivity contribution in [2.45, 2.75) is 25.3 Å². The highest BCUT2D eigenvalue weighted by Gasteiger charge is 2.15. The first-order valence-corrected chi connectivity index (χ1v) is 5.53. The smallest absolute Gasteiger partial charge is 0.387 e. The fraction of sp³-hybridized carbons (Fsp3) is 0.364. The zero-order valence-electron chi connectivity index (χ0n) is 8.84. The Labute approximate surface area is 101 Å². The molecule has 0 amide bonds. The maximum Gasteiger partial charge on any atom is 0.387 e. The van der Waals surface area contributed by atoms with Crippen molar-refractivity contribution in [3.05, 3.63) is 29.3 Å². The zero-order valence-corrected chi connectivity index (χ0v) is 10.4. The molecule has 0 fully saturated rings. The molecule has 0 spiro atoms. The van der Waals surface area contributed by atoms with E-state index in [2.05, 4.69) is 20.7 Å². The number of ether oxygens (including phenoxy) is 1. The minimum atomic E-state index is -2.86. The Morgan fingerprint density at radius 1 is 1.44 bits per heavy atom. The average molecular weight is 293 g/mol. The van der Waals surface area contributed by atoms with Gasteiger partial charge in [0.05, 0.1) is 4.83 Å². The SMILES string of the molecule is CC(=O)C(Br)c1ccc(C)c(OC(F)F)c1. The van der Waals surface area contributed by atoms with Gasteiger partial charge in [0.2, 0.25) is 0 Å². The summed E-state index contributed by atoms with van der Waals surface area (Å²) in [6.45, 7) is 0.228. The molecule has 0 saturated carbocycles. The van der Waals surface area contributed by atoms with Crippen molar-refractivity contribution in [3.8, 4) is 5.75 Å². The highest BCUT2D eigenvalue weighted by molar-refractivity contribution is 9.09. The van der Waals surface area contributed by atoms with E-state index in [4.69, 9.17) is 0 Å². The van der Waals surface area contributed by atoms with Crippen molar-refractivity contribution < 1.29 is 18.3 Å². The predicted molar refractivity (Wildman–Crippen MR) is 60.2 cm³/mol. The molecule has 0 aliphatic rings. The molecule has 1 atom stereocenters. The molecule has 0 aliphatic carbocycles. The lowest BCUT2D eigenvalue weighted by Gasteiger charge is -2.12. The molecule has 0 aliphatic heterocycles. The summed E-state index contributed by atoms with van der Waals surface area (Å²) < 4.78 is 28.5. The lowest BCUT2D eigenvalue weighted by atomic mass is 10.1. The van der Waals surface area contributed by atoms with Crippen molar-refractivity contribution in [1.82, 2.24) is 0 Å². The normalized spacial score (nSPS) is 12.6. The molecular formula is C11H11BrF2O2. The van der Waals surface area contributed by atoms with E-state index in [0.717, 1.165) is 0 Å². The van der Waals surface area contributed by atoms with E-state index in [1.54, 1.807) is 19.1 Å². The van der Waals surface area contributed by atoms with E-state index in [0.29, 0.717) is 11.1 Å². The number of aryl methyl sites for hydroxylation is 1. The first-order valence-electron chi connectivity index (χ1n) is 4.61. The number of carbonyl (C=O) groups excluding carboxylic acids is 1. The second-order valence-corrected chi connectivity index (χ2v) is 4.29. The van der Waals surface area contributed by atoms with Crippen LogP contribution in [0.3, 0.4) is 0 Å². The number of alkyl halides is 3. The number of hydrogen-bond acceptors (Lipinski definition) is 2. The number of hydrogen-bond donors (Lipinski definition) is 0. The van der Waals surface area contributed by atoms with Gasteiger partial charge in [-0.3, -0.25) is 4.79 Å². The summed E-state index contributed by atoms with van der Waals surface area (Å²) in [6, 6.07) is 4.79. The maximum atomic E-state index is 12.1. The number of benzene rings is 1. The Morgan fingerprint density at radius 3 is 2.56 bits per heavy atom. The van der Waals surface area contributed by atoms with E-state index < -0.39 is 11.4 Å². The van der Waals surface area contributed by atoms with Crippen LogP contribution in [0.15, 0.2) is 18.2 Å². The number of carbonyl (C=O) groups is 1. The van der Waals surface area contributed by atoms with E-state index in [1.807, 2.05) is 0 Å². The van der Waals surface area contributed by atoms with Gasteiger partial charge in [-0.05, 0) is 31.0 Å². The first-order chi connectivity index (χ1) is 7.41. The molecule has 5 heteroatoms. The van der Waals surface area contributed by atoms with Crippen LogP contribution in [0.5, 0.6) is 5.75 Å². The third-order valence-electron chi connectivity index (χ3n) is 2.08. The number of ketones is 1. The lowest BCUT2D eigenvalue weighted by Crippen LogP contribution is -2.06. The standard InChI is InChI=1S/C11H11BrF2O2/c1-6-3-4-8(10(12)7(2)15)5-9(6)16-11(13)14/h3-5,10-11H,1-2H3. The van der Waals surface area contributed by atoms with Gasteiger partial charge in [-0.2, -0.15) is 8.78 Å². The number of Topliss-reactive ketones (excluding diaryl/α,β-unsaturated/α-hetero) is 1. The van der Waals surface area contributed by atoms with Crippen LogP contribution in [0.25, 0.3) is 0 Å². The van der Waals surface area contributed by atoms with Gasteiger partial charge in [-0.1, -0.05) is 28.1 Å². The summed E-state index contributed by atoms with van der Waals surface area (Å²) in [5.41, 5.74) is 1.21. The molecule has 1 rings (SSSR count). The zero-order chi connectivity index (χ0) is 12.3. The summed E-state index contributed by atoms with van der Waals surface area (Å²) in [4.78, 5) is 10.6. The highest BCUT2D eigenvalue weighted by atomic mass is 79.9. The van der Waals surface area contributed by atoms with Gasteiger partial charge in [-0.15, -0.1) is 0 Å². The summed E-state index contributed by atoms with van der Waals surface area (Å²) >= 11 is 3.18. The molecule has 88 valence electrons. The molecule has 0 aromatic heterocycles. The van der Waals surface area contributed by atoms with Crippen molar-refractivity contribution in [2.24, 2.45) is 0 Å². The molecule has 0 bridgehead atoms. The van der Waals surface area contributed by atoms with Gasteiger partial charge in [0.1, 0.15) is 11.5 Å². The third-order valence-corrected chi connectivity index (χ3v) is 3.25. The molecule has 0 heterocycles. The maximum absolute atomic E-state index is 12.1. The predicted octanol–water partition coefficient (Wildman–Crippen LogP) is 3.62. The van der Waals surface area contributed by atoms with E-state index in [-0.39, 0.29) is 11.5 Å². The van der Waals surface area contributed by atoms with Crippen LogP contribution in [0, 0.1) is 6.92 Å². The molecule has 1 aromatic rings. The van der Waals surface area contributed by atoms with Crippen LogP contribution in [0.4, 0.5) is 8.78 Å². The van der Waals surface area contributed by atoms with Crippen molar-refractivity contribution in [3.63, 3.8) is 0 Å². The molecule has 1 aromatic carbocycles. The fourth-order valence-electron chi connectivity index (χ4n) is 1.23. The van der Waals surface area contributed by atoms with Gasteiger partial charge in [0.15, 0.2) is 0 Å². The quantitative estimate of drug-likeness (QED) is 0.792. The molecular weight excluding hydrogens is 282 g/mol. The van der Waals surface area contributed by atoms with Crippen molar-refractivity contribution in [1.29, 1.82) is 0 Å². The van der Waals surface area contributed by atoms with Gasteiger partial charge < -0.3 is 4.74 Å². The molecule has 0 radical (unpaired) electrons. The van der Waals surface area contributed by atoms with Crippen LogP contribution in [0.1, 0.15) is 22.9 Å². The topological polar surface area (TPSA) is 26.3 Å². The van der Waals surface area contributed by atoms with Crippen LogP contribution >= 0.6 is 15.9 Å². The molecule has 2 nitrogen and oxygen atoms in total. The Bertz CT molecular complexity index is 394. The average Bonchev–Trinajstić information content (AvgIpc) is 2.19. The van der Waals surface area contributed by atoms with Crippen LogP contribution in [-0.4, -0.2) is 12.4 Å². The molecule has 0 saturated heterocycles. The van der Waals surface area contributed by atoms with Crippen LogP contribution in [-0.2, 0) is 4.79 Å². The Hall–Kier alpha value is -0.970. The van der Waals surface area contributed by atoms with Crippen molar-refractivity contribution in [2.75, 3.05) is 0 Å². The summed E-state index contributed by atoms with van der Waals surface area (Å²) in [7, 11) is 0. The monoisotopic (exact) mass is 292 g/mol. The minimum Gasteiger partial charge on any atom is -0.435 e. The van der Waals surface area contributed by atoms with Gasteiger partial charge in [0, 0.05) is 0 Å². The van der Waals surface area contributed by atoms with E-state index >= 15 is 0 Å². The van der Waals surface area contributed by atoms with Crippen molar-refractivity contribution >= 4 is 21.7 Å². The molecule has 16 heavy (non-hydrogen) atoms. The first kappa shape index (κ1) is 13.1. The second-order valence-electron chi connectivity index (χ2n) is 3.38.